The number of ether oxygens (including phenoxy) is 1. The van der Waals surface area contributed by atoms with E-state index in [4.69, 9.17) is 4.74 Å². The smallest absolute Gasteiger partial charge is 0.311 e. The first-order valence-corrected chi connectivity index (χ1v) is 6.30. The molecule has 0 bridgehead atoms. The Morgan fingerprint density at radius 1 is 1.32 bits per heavy atom. The summed E-state index contributed by atoms with van der Waals surface area (Å²) in [5, 5.41) is 10.1. The van der Waals surface area contributed by atoms with Crippen LogP contribution < -0.4 is 0 Å². The van der Waals surface area contributed by atoms with E-state index in [-0.39, 0.29) is 12.2 Å². The molecule has 3 nitrogen and oxygen atoms in total. The summed E-state index contributed by atoms with van der Waals surface area (Å²) < 4.78 is 30.9. The van der Waals surface area contributed by atoms with Crippen LogP contribution in [-0.4, -0.2) is 17.7 Å². The van der Waals surface area contributed by atoms with Crippen molar-refractivity contribution in [2.75, 3.05) is 6.61 Å². The molecule has 0 radical (unpaired) electrons. The van der Waals surface area contributed by atoms with Crippen LogP contribution in [0.1, 0.15) is 38.4 Å². The number of aliphatic hydroxyl groups is 1. The fraction of sp³-hybridized carbons (Fsp3) is 0.500. The molecule has 0 aliphatic heterocycles. The topological polar surface area (TPSA) is 46.5 Å². The standard InChI is InChI=1S/C14H18F2O3/c1-3-5-10(14(18)19-4-2)13(17)9-6-7-11(15)12(16)8-9/h6-8,10,13,17H,3-5H2,1-2H3. The van der Waals surface area contributed by atoms with Gasteiger partial charge in [0, 0.05) is 0 Å². The maximum Gasteiger partial charge on any atom is 0.311 e. The molecular weight excluding hydrogens is 254 g/mol. The summed E-state index contributed by atoms with van der Waals surface area (Å²) in [4.78, 5) is 11.7. The molecule has 0 saturated heterocycles. The van der Waals surface area contributed by atoms with Gasteiger partial charge in [-0.3, -0.25) is 4.79 Å². The molecule has 0 spiro atoms. The summed E-state index contributed by atoms with van der Waals surface area (Å²) in [6, 6.07) is 3.11. The van der Waals surface area contributed by atoms with Crippen molar-refractivity contribution < 1.29 is 23.4 Å². The highest BCUT2D eigenvalue weighted by Crippen LogP contribution is 2.28. The molecule has 1 rings (SSSR count). The summed E-state index contributed by atoms with van der Waals surface area (Å²) >= 11 is 0. The van der Waals surface area contributed by atoms with E-state index in [9.17, 15) is 18.7 Å². The molecule has 5 heteroatoms. The van der Waals surface area contributed by atoms with E-state index in [0.29, 0.717) is 12.8 Å². The zero-order chi connectivity index (χ0) is 14.4. The van der Waals surface area contributed by atoms with Crippen LogP contribution in [0.4, 0.5) is 8.78 Å². The van der Waals surface area contributed by atoms with Crippen molar-refractivity contribution in [3.8, 4) is 0 Å². The summed E-state index contributed by atoms with van der Waals surface area (Å²) in [6.07, 6.45) is -0.113. The minimum Gasteiger partial charge on any atom is -0.466 e. The molecule has 19 heavy (non-hydrogen) atoms. The third-order valence-electron chi connectivity index (χ3n) is 2.86. The summed E-state index contributed by atoms with van der Waals surface area (Å²) in [6.45, 7) is 3.75. The van der Waals surface area contributed by atoms with Gasteiger partial charge in [-0.1, -0.05) is 19.4 Å². The Balaban J connectivity index is 2.94. The highest BCUT2D eigenvalue weighted by Gasteiger charge is 2.29. The quantitative estimate of drug-likeness (QED) is 0.810. The molecule has 106 valence electrons. The van der Waals surface area contributed by atoms with Gasteiger partial charge in [0.2, 0.25) is 0 Å². The van der Waals surface area contributed by atoms with E-state index in [1.165, 1.54) is 6.07 Å². The Morgan fingerprint density at radius 2 is 2.00 bits per heavy atom. The van der Waals surface area contributed by atoms with Gasteiger partial charge < -0.3 is 9.84 Å². The van der Waals surface area contributed by atoms with Crippen LogP contribution in [0.25, 0.3) is 0 Å². The van der Waals surface area contributed by atoms with Gasteiger partial charge in [-0.15, -0.1) is 0 Å². The number of hydrogen-bond donors (Lipinski definition) is 1. The van der Waals surface area contributed by atoms with Gasteiger partial charge >= 0.3 is 5.97 Å². The number of rotatable bonds is 6. The van der Waals surface area contributed by atoms with Crippen molar-refractivity contribution in [2.24, 2.45) is 5.92 Å². The zero-order valence-corrected chi connectivity index (χ0v) is 11.0. The lowest BCUT2D eigenvalue weighted by atomic mass is 9.92. The van der Waals surface area contributed by atoms with Crippen LogP contribution in [0.3, 0.4) is 0 Å². The molecule has 2 unspecified atom stereocenters. The predicted octanol–water partition coefficient (Wildman–Crippen LogP) is 2.98. The molecule has 0 aliphatic rings. The van der Waals surface area contributed by atoms with Crippen LogP contribution >= 0.6 is 0 Å². The van der Waals surface area contributed by atoms with Gasteiger partial charge in [0.25, 0.3) is 0 Å². The largest absolute Gasteiger partial charge is 0.466 e. The third-order valence-corrected chi connectivity index (χ3v) is 2.86. The first-order chi connectivity index (χ1) is 9.01. The molecule has 0 fully saturated rings. The van der Waals surface area contributed by atoms with E-state index in [2.05, 4.69) is 0 Å². The molecule has 2 atom stereocenters. The van der Waals surface area contributed by atoms with Gasteiger partial charge in [0.15, 0.2) is 11.6 Å². The predicted molar refractivity (Wildman–Crippen MR) is 66.3 cm³/mol. The van der Waals surface area contributed by atoms with E-state index in [0.717, 1.165) is 12.1 Å². The zero-order valence-electron chi connectivity index (χ0n) is 11.0. The molecular formula is C14H18F2O3. The molecule has 1 aromatic carbocycles. The van der Waals surface area contributed by atoms with Crippen LogP contribution in [0.15, 0.2) is 18.2 Å². The van der Waals surface area contributed by atoms with Gasteiger partial charge in [-0.25, -0.2) is 8.78 Å². The number of hydrogen-bond acceptors (Lipinski definition) is 3. The monoisotopic (exact) mass is 272 g/mol. The minimum absolute atomic E-state index is 0.172. The number of aliphatic hydroxyl groups excluding tert-OH is 1. The van der Waals surface area contributed by atoms with E-state index in [1.54, 1.807) is 6.92 Å². The maximum atomic E-state index is 13.1. The van der Waals surface area contributed by atoms with Crippen molar-refractivity contribution in [1.82, 2.24) is 0 Å². The lowest BCUT2D eigenvalue weighted by molar-refractivity contribution is -0.152. The van der Waals surface area contributed by atoms with Crippen molar-refractivity contribution in [3.63, 3.8) is 0 Å². The SMILES string of the molecule is CCCC(C(=O)OCC)C(O)c1ccc(F)c(F)c1. The summed E-state index contributed by atoms with van der Waals surface area (Å²) in [7, 11) is 0. The first kappa shape index (κ1) is 15.6. The number of esters is 1. The lowest BCUT2D eigenvalue weighted by Crippen LogP contribution is -2.24. The molecule has 0 saturated carbocycles. The summed E-state index contributed by atoms with van der Waals surface area (Å²) in [5.41, 5.74) is 0.172. The van der Waals surface area contributed by atoms with Gasteiger partial charge in [0.05, 0.1) is 18.6 Å². The van der Waals surface area contributed by atoms with E-state index >= 15 is 0 Å². The fourth-order valence-corrected chi connectivity index (χ4v) is 1.89. The van der Waals surface area contributed by atoms with Gasteiger partial charge in [-0.05, 0) is 31.0 Å². The molecule has 1 N–H and O–H groups in total. The van der Waals surface area contributed by atoms with Crippen LogP contribution in [-0.2, 0) is 9.53 Å². The van der Waals surface area contributed by atoms with Crippen molar-refractivity contribution in [2.45, 2.75) is 32.8 Å². The minimum atomic E-state index is -1.20. The molecule has 0 amide bonds. The van der Waals surface area contributed by atoms with Gasteiger partial charge in [0.1, 0.15) is 0 Å². The number of benzene rings is 1. The van der Waals surface area contributed by atoms with E-state index in [1.807, 2.05) is 6.92 Å². The second-order valence-electron chi connectivity index (χ2n) is 4.27. The second-order valence-corrected chi connectivity index (χ2v) is 4.27. The average Bonchev–Trinajstić information content (AvgIpc) is 2.38. The molecule has 0 heterocycles. The first-order valence-electron chi connectivity index (χ1n) is 6.30. The molecule has 0 aliphatic carbocycles. The lowest BCUT2D eigenvalue weighted by Gasteiger charge is -2.21. The fourth-order valence-electron chi connectivity index (χ4n) is 1.89. The molecule has 1 aromatic rings. The summed E-state index contributed by atoms with van der Waals surface area (Å²) in [5.74, 6) is -3.33. The van der Waals surface area contributed by atoms with Crippen molar-refractivity contribution in [3.05, 3.63) is 35.4 Å². The third kappa shape index (κ3) is 3.99. The van der Waals surface area contributed by atoms with Gasteiger partial charge in [-0.2, -0.15) is 0 Å². The highest BCUT2D eigenvalue weighted by atomic mass is 19.2. The number of halogens is 2. The van der Waals surface area contributed by atoms with Crippen LogP contribution in [0.5, 0.6) is 0 Å². The normalized spacial score (nSPS) is 13.9. The average molecular weight is 272 g/mol. The Bertz CT molecular complexity index is 435. The molecule has 0 aromatic heterocycles. The highest BCUT2D eigenvalue weighted by molar-refractivity contribution is 5.73. The number of carbonyl (C=O) groups excluding carboxylic acids is 1. The number of carbonyl (C=O) groups is 1. The Morgan fingerprint density at radius 3 is 2.53 bits per heavy atom. The van der Waals surface area contributed by atoms with E-state index < -0.39 is 29.6 Å². The Kier molecular flexibility index (Phi) is 5.89. The maximum absolute atomic E-state index is 13.1. The van der Waals surface area contributed by atoms with Crippen molar-refractivity contribution in [1.29, 1.82) is 0 Å². The van der Waals surface area contributed by atoms with Crippen molar-refractivity contribution >= 4 is 5.97 Å². The van der Waals surface area contributed by atoms with Crippen LogP contribution in [0, 0.1) is 17.6 Å². The Hall–Kier alpha value is -1.49. The van der Waals surface area contributed by atoms with Crippen LogP contribution in [0.2, 0.25) is 0 Å². The Labute approximate surface area is 111 Å². The second kappa shape index (κ2) is 7.19.